The molecule has 2 heterocycles. The van der Waals surface area contributed by atoms with Gasteiger partial charge in [-0.1, -0.05) is 35.2 Å². The van der Waals surface area contributed by atoms with Crippen LogP contribution in [0.1, 0.15) is 18.2 Å². The van der Waals surface area contributed by atoms with Gasteiger partial charge in [-0.25, -0.2) is 4.52 Å². The van der Waals surface area contributed by atoms with Gasteiger partial charge in [0.15, 0.2) is 5.69 Å². The van der Waals surface area contributed by atoms with Gasteiger partial charge in [0, 0.05) is 17.2 Å². The fourth-order valence-electron chi connectivity index (χ4n) is 3.33. The van der Waals surface area contributed by atoms with E-state index in [4.69, 9.17) is 23.2 Å². The quantitative estimate of drug-likeness (QED) is 0.360. The van der Waals surface area contributed by atoms with Crippen molar-refractivity contribution in [2.45, 2.75) is 13.1 Å². The highest BCUT2D eigenvalue weighted by atomic mass is 35.5. The van der Waals surface area contributed by atoms with Crippen LogP contribution in [-0.2, 0) is 6.18 Å². The first-order valence-corrected chi connectivity index (χ1v) is 9.80. The summed E-state index contributed by atoms with van der Waals surface area (Å²) < 4.78 is 42.7. The third-order valence-electron chi connectivity index (χ3n) is 4.64. The molecule has 2 aromatic carbocycles. The van der Waals surface area contributed by atoms with Crippen LogP contribution < -0.4 is 5.56 Å². The van der Waals surface area contributed by atoms with Crippen molar-refractivity contribution in [3.8, 4) is 40.0 Å². The van der Waals surface area contributed by atoms with Crippen molar-refractivity contribution in [1.82, 2.24) is 14.6 Å². The van der Waals surface area contributed by atoms with E-state index in [1.54, 1.807) is 13.0 Å². The average Bonchev–Trinajstić information content (AvgIpc) is 3.10. The number of hydrogen-bond acceptors (Lipinski definition) is 3. The number of hydrogen-bond donors (Lipinski definition) is 2. The van der Waals surface area contributed by atoms with Crippen molar-refractivity contribution >= 4 is 28.8 Å². The van der Waals surface area contributed by atoms with Crippen LogP contribution in [0.5, 0.6) is 5.75 Å². The molecule has 0 saturated carbocycles. The molecule has 0 unspecified atom stereocenters. The number of nitrogens with one attached hydrogen (secondary N) is 1. The summed E-state index contributed by atoms with van der Waals surface area (Å²) in [6.07, 6.45) is -4.84. The molecule has 0 aliphatic heterocycles. The predicted octanol–water partition coefficient (Wildman–Crippen LogP) is 5.76. The lowest BCUT2D eigenvalue weighted by atomic mass is 10.0. The van der Waals surface area contributed by atoms with Gasteiger partial charge in [-0.2, -0.15) is 18.3 Å². The summed E-state index contributed by atoms with van der Waals surface area (Å²) in [6.45, 7) is 1.62. The number of aromatic amines is 1. The zero-order valence-electron chi connectivity index (χ0n) is 16.2. The molecule has 0 radical (unpaired) electrons. The normalized spacial score (nSPS) is 11.4. The zero-order valence-corrected chi connectivity index (χ0v) is 17.7. The fraction of sp³-hybridized carbons (Fsp3) is 0.0909. The number of phenols is 1. The van der Waals surface area contributed by atoms with Gasteiger partial charge >= 0.3 is 6.18 Å². The Hall–Kier alpha value is -3.41. The lowest BCUT2D eigenvalue weighted by molar-refractivity contribution is -0.140. The molecule has 0 bridgehead atoms. The van der Waals surface area contributed by atoms with Crippen molar-refractivity contribution in [2.75, 3.05) is 0 Å². The van der Waals surface area contributed by atoms with E-state index in [2.05, 4.69) is 21.9 Å². The standard InChI is InChI=1S/C22H12Cl2F3N3O2/c1-2-3-11-4-6-13(17(31)8-11)16-10-18(32)28-21-19(12-5-7-14(23)15(24)9-12)20(22(25,26)27)29-30(16)21/h4-10,31H,1H3,(H,28,32). The van der Waals surface area contributed by atoms with E-state index in [1.165, 1.54) is 30.3 Å². The van der Waals surface area contributed by atoms with Crippen LogP contribution in [0.4, 0.5) is 13.2 Å². The van der Waals surface area contributed by atoms with E-state index in [-0.39, 0.29) is 43.8 Å². The molecule has 162 valence electrons. The van der Waals surface area contributed by atoms with Gasteiger partial charge < -0.3 is 10.1 Å². The number of benzene rings is 2. The highest BCUT2D eigenvalue weighted by molar-refractivity contribution is 6.42. The molecule has 0 aliphatic carbocycles. The molecule has 32 heavy (non-hydrogen) atoms. The summed E-state index contributed by atoms with van der Waals surface area (Å²) >= 11 is 11.9. The number of nitrogens with zero attached hydrogens (tertiary/aromatic N) is 2. The average molecular weight is 478 g/mol. The Balaban J connectivity index is 2.08. The molecule has 0 fully saturated rings. The zero-order chi connectivity index (χ0) is 23.2. The largest absolute Gasteiger partial charge is 0.507 e. The highest BCUT2D eigenvalue weighted by Gasteiger charge is 2.39. The topological polar surface area (TPSA) is 70.4 Å². The minimum atomic E-state index is -4.84. The Labute approximate surface area is 189 Å². The number of halogens is 5. The van der Waals surface area contributed by atoms with Crippen molar-refractivity contribution in [2.24, 2.45) is 0 Å². The Morgan fingerprint density at radius 2 is 1.84 bits per heavy atom. The molecule has 0 spiro atoms. The number of rotatable bonds is 2. The van der Waals surface area contributed by atoms with Crippen molar-refractivity contribution in [1.29, 1.82) is 0 Å². The van der Waals surface area contributed by atoms with Gasteiger partial charge in [-0.05, 0) is 42.8 Å². The van der Waals surface area contributed by atoms with Gasteiger partial charge in [0.1, 0.15) is 11.4 Å². The van der Waals surface area contributed by atoms with Gasteiger partial charge in [0.05, 0.1) is 21.3 Å². The molecular weight excluding hydrogens is 466 g/mol. The number of phenolic OH excluding ortho intramolecular Hbond substituents is 1. The summed E-state index contributed by atoms with van der Waals surface area (Å²) in [5, 5.41) is 14.4. The minimum Gasteiger partial charge on any atom is -0.507 e. The van der Waals surface area contributed by atoms with Crippen LogP contribution >= 0.6 is 23.2 Å². The highest BCUT2D eigenvalue weighted by Crippen LogP contribution is 2.41. The van der Waals surface area contributed by atoms with E-state index in [0.717, 1.165) is 10.6 Å². The van der Waals surface area contributed by atoms with Gasteiger partial charge in [-0.15, -0.1) is 5.92 Å². The molecule has 2 N–H and O–H groups in total. The van der Waals surface area contributed by atoms with Crippen LogP contribution in [-0.4, -0.2) is 19.7 Å². The lowest BCUT2D eigenvalue weighted by Crippen LogP contribution is -2.10. The second-order valence-corrected chi connectivity index (χ2v) is 7.55. The number of aromatic hydroxyl groups is 1. The molecule has 0 amide bonds. The molecule has 4 rings (SSSR count). The summed E-state index contributed by atoms with van der Waals surface area (Å²) in [5.41, 5.74) is -1.85. The monoisotopic (exact) mass is 477 g/mol. The Kier molecular flexibility index (Phi) is 5.41. The SMILES string of the molecule is CC#Cc1ccc(-c2cc(=O)[nH]c3c(-c4ccc(Cl)c(Cl)c4)c(C(F)(F)F)nn23)c(O)c1. The first-order valence-electron chi connectivity index (χ1n) is 9.05. The second-order valence-electron chi connectivity index (χ2n) is 6.74. The Morgan fingerprint density at radius 3 is 2.47 bits per heavy atom. The van der Waals surface area contributed by atoms with E-state index in [9.17, 15) is 23.1 Å². The molecule has 4 aromatic rings. The van der Waals surface area contributed by atoms with Crippen molar-refractivity contribution in [3.05, 3.63) is 74.1 Å². The maximum Gasteiger partial charge on any atom is 0.435 e. The van der Waals surface area contributed by atoms with E-state index < -0.39 is 17.4 Å². The van der Waals surface area contributed by atoms with E-state index in [1.807, 2.05) is 0 Å². The van der Waals surface area contributed by atoms with E-state index >= 15 is 0 Å². The molecule has 0 saturated heterocycles. The smallest absolute Gasteiger partial charge is 0.435 e. The molecular formula is C22H12Cl2F3N3O2. The van der Waals surface area contributed by atoms with Gasteiger partial charge in [-0.3, -0.25) is 4.79 Å². The Bertz CT molecular complexity index is 1490. The molecule has 0 atom stereocenters. The summed E-state index contributed by atoms with van der Waals surface area (Å²) in [5.74, 6) is 5.19. The van der Waals surface area contributed by atoms with Crippen LogP contribution in [0.25, 0.3) is 28.0 Å². The van der Waals surface area contributed by atoms with Crippen LogP contribution in [0.2, 0.25) is 10.0 Å². The molecule has 0 aliphatic rings. The van der Waals surface area contributed by atoms with Crippen LogP contribution in [0.15, 0.2) is 47.3 Å². The van der Waals surface area contributed by atoms with Crippen LogP contribution in [0, 0.1) is 11.8 Å². The molecule has 5 nitrogen and oxygen atoms in total. The second kappa shape index (κ2) is 7.93. The predicted molar refractivity (Wildman–Crippen MR) is 116 cm³/mol. The number of alkyl halides is 3. The third-order valence-corrected chi connectivity index (χ3v) is 5.38. The third kappa shape index (κ3) is 3.81. The Morgan fingerprint density at radius 1 is 1.09 bits per heavy atom. The molecule has 2 aromatic heterocycles. The summed E-state index contributed by atoms with van der Waals surface area (Å²) in [7, 11) is 0. The van der Waals surface area contributed by atoms with Crippen LogP contribution in [0.3, 0.4) is 0 Å². The first-order chi connectivity index (χ1) is 15.1. The van der Waals surface area contributed by atoms with E-state index in [0.29, 0.717) is 5.56 Å². The maximum absolute atomic E-state index is 13.9. The number of fused-ring (bicyclic) bond motifs is 1. The maximum atomic E-state index is 13.9. The number of aromatic nitrogens is 3. The first kappa shape index (κ1) is 21.8. The van der Waals surface area contributed by atoms with Gasteiger partial charge in [0.25, 0.3) is 5.56 Å². The van der Waals surface area contributed by atoms with Crippen molar-refractivity contribution in [3.63, 3.8) is 0 Å². The molecule has 10 heteroatoms. The summed E-state index contributed by atoms with van der Waals surface area (Å²) in [6, 6.07) is 9.40. The summed E-state index contributed by atoms with van der Waals surface area (Å²) in [4.78, 5) is 14.8. The lowest BCUT2D eigenvalue weighted by Gasteiger charge is -2.08. The van der Waals surface area contributed by atoms with Gasteiger partial charge in [0.2, 0.25) is 0 Å². The fourth-order valence-corrected chi connectivity index (χ4v) is 3.63. The number of H-pyrrole nitrogens is 1. The van der Waals surface area contributed by atoms with Crippen molar-refractivity contribution < 1.29 is 18.3 Å². The minimum absolute atomic E-state index is 0.0333.